The second-order valence-corrected chi connectivity index (χ2v) is 6.33. The van der Waals surface area contributed by atoms with Crippen molar-refractivity contribution < 1.29 is 19.8 Å². The molecule has 0 radical (unpaired) electrons. The standard InChI is InChI=1S/C20H13BrO4/c21-14-7-9-18(23)16(11-14)20(25)13-6-8-17(22)15(10-13)19(24)12-4-2-1-3-5-12/h1-11,22-23H. The molecule has 3 rings (SSSR count). The smallest absolute Gasteiger partial charge is 0.196 e. The fourth-order valence-electron chi connectivity index (χ4n) is 2.45. The summed E-state index contributed by atoms with van der Waals surface area (Å²) in [6, 6.07) is 17.1. The Labute approximate surface area is 152 Å². The molecular formula is C20H13BrO4. The highest BCUT2D eigenvalue weighted by Crippen LogP contribution is 2.27. The Morgan fingerprint density at radius 1 is 0.680 bits per heavy atom. The van der Waals surface area contributed by atoms with Gasteiger partial charge in [-0.2, -0.15) is 0 Å². The van der Waals surface area contributed by atoms with E-state index < -0.39 is 5.78 Å². The van der Waals surface area contributed by atoms with Crippen molar-refractivity contribution in [3.05, 3.63) is 93.5 Å². The summed E-state index contributed by atoms with van der Waals surface area (Å²) in [5, 5.41) is 19.9. The maximum Gasteiger partial charge on any atom is 0.196 e. The van der Waals surface area contributed by atoms with Crippen LogP contribution in [0.15, 0.2) is 71.2 Å². The van der Waals surface area contributed by atoms with Gasteiger partial charge in [0.2, 0.25) is 0 Å². The number of ketones is 2. The number of carbonyl (C=O) groups excluding carboxylic acids is 2. The van der Waals surface area contributed by atoms with E-state index in [4.69, 9.17) is 0 Å². The maximum atomic E-state index is 12.7. The first-order valence-electron chi connectivity index (χ1n) is 7.43. The van der Waals surface area contributed by atoms with Crippen molar-refractivity contribution in [3.63, 3.8) is 0 Å². The van der Waals surface area contributed by atoms with Crippen LogP contribution in [-0.4, -0.2) is 21.8 Å². The minimum atomic E-state index is -0.444. The van der Waals surface area contributed by atoms with Crippen LogP contribution < -0.4 is 0 Å². The normalized spacial score (nSPS) is 10.4. The third-order valence-corrected chi connectivity index (χ3v) is 4.24. The van der Waals surface area contributed by atoms with Crippen LogP contribution in [-0.2, 0) is 0 Å². The van der Waals surface area contributed by atoms with E-state index in [0.717, 1.165) is 0 Å². The molecule has 0 aliphatic carbocycles. The Bertz CT molecular complexity index is 965. The molecule has 0 spiro atoms. The molecule has 0 aliphatic heterocycles. The first kappa shape index (κ1) is 16.9. The molecule has 0 atom stereocenters. The number of phenolic OH excluding ortho intramolecular Hbond substituents is 2. The number of hydrogen-bond donors (Lipinski definition) is 2. The fourth-order valence-corrected chi connectivity index (χ4v) is 2.81. The number of halogens is 1. The van der Waals surface area contributed by atoms with E-state index in [1.54, 1.807) is 36.4 Å². The van der Waals surface area contributed by atoms with Crippen LogP contribution in [0.25, 0.3) is 0 Å². The van der Waals surface area contributed by atoms with Crippen LogP contribution in [0.3, 0.4) is 0 Å². The van der Waals surface area contributed by atoms with Gasteiger partial charge in [0.1, 0.15) is 11.5 Å². The topological polar surface area (TPSA) is 74.6 Å². The van der Waals surface area contributed by atoms with Crippen molar-refractivity contribution in [1.82, 2.24) is 0 Å². The van der Waals surface area contributed by atoms with Gasteiger partial charge in [-0.3, -0.25) is 9.59 Å². The molecule has 2 N–H and O–H groups in total. The van der Waals surface area contributed by atoms with Gasteiger partial charge in [-0.15, -0.1) is 0 Å². The van der Waals surface area contributed by atoms with Gasteiger partial charge in [0, 0.05) is 15.6 Å². The highest BCUT2D eigenvalue weighted by molar-refractivity contribution is 9.10. The minimum absolute atomic E-state index is 0.0338. The number of aromatic hydroxyl groups is 2. The lowest BCUT2D eigenvalue weighted by atomic mass is 9.96. The second kappa shape index (κ2) is 6.91. The summed E-state index contributed by atoms with van der Waals surface area (Å²) < 4.78 is 0.646. The Balaban J connectivity index is 2.03. The van der Waals surface area contributed by atoms with Gasteiger partial charge >= 0.3 is 0 Å². The van der Waals surface area contributed by atoms with Gasteiger partial charge < -0.3 is 10.2 Å². The fraction of sp³-hybridized carbons (Fsp3) is 0. The van der Waals surface area contributed by atoms with E-state index in [1.807, 2.05) is 0 Å². The van der Waals surface area contributed by atoms with E-state index in [-0.39, 0.29) is 34.0 Å². The van der Waals surface area contributed by atoms with Crippen molar-refractivity contribution >= 4 is 27.5 Å². The number of benzene rings is 3. The molecule has 3 aromatic rings. The molecule has 0 aliphatic rings. The Hall–Kier alpha value is -2.92. The molecular weight excluding hydrogens is 384 g/mol. The van der Waals surface area contributed by atoms with Crippen LogP contribution >= 0.6 is 15.9 Å². The molecule has 25 heavy (non-hydrogen) atoms. The summed E-state index contributed by atoms with van der Waals surface area (Å²) in [5.74, 6) is -1.19. The molecule has 0 amide bonds. The SMILES string of the molecule is O=C(c1ccc(O)c(C(=O)c2ccccc2)c1)c1cc(Br)ccc1O. The summed E-state index contributed by atoms with van der Waals surface area (Å²) >= 11 is 3.26. The molecule has 0 heterocycles. The zero-order valence-corrected chi connectivity index (χ0v) is 14.5. The lowest BCUT2D eigenvalue weighted by molar-refractivity contribution is 0.103. The Kier molecular flexibility index (Phi) is 4.67. The van der Waals surface area contributed by atoms with Gasteiger partial charge in [-0.1, -0.05) is 46.3 Å². The lowest BCUT2D eigenvalue weighted by Gasteiger charge is -2.08. The molecule has 0 saturated carbocycles. The Morgan fingerprint density at radius 2 is 1.24 bits per heavy atom. The molecule has 0 fully saturated rings. The highest BCUT2D eigenvalue weighted by Gasteiger charge is 2.19. The zero-order chi connectivity index (χ0) is 18.0. The molecule has 124 valence electrons. The Morgan fingerprint density at radius 3 is 1.92 bits per heavy atom. The average molecular weight is 397 g/mol. The molecule has 5 heteroatoms. The van der Waals surface area contributed by atoms with Crippen molar-refractivity contribution in [1.29, 1.82) is 0 Å². The molecule has 0 aromatic heterocycles. The van der Waals surface area contributed by atoms with Crippen molar-refractivity contribution in [2.24, 2.45) is 0 Å². The maximum absolute atomic E-state index is 12.7. The van der Waals surface area contributed by atoms with Crippen molar-refractivity contribution in [2.45, 2.75) is 0 Å². The number of rotatable bonds is 4. The van der Waals surface area contributed by atoms with Crippen LogP contribution in [0.5, 0.6) is 11.5 Å². The third-order valence-electron chi connectivity index (χ3n) is 3.74. The predicted octanol–water partition coefficient (Wildman–Crippen LogP) is 4.32. The zero-order valence-electron chi connectivity index (χ0n) is 12.9. The first-order chi connectivity index (χ1) is 12.0. The first-order valence-corrected chi connectivity index (χ1v) is 8.22. The summed E-state index contributed by atoms with van der Waals surface area (Å²) in [6.07, 6.45) is 0. The predicted molar refractivity (Wildman–Crippen MR) is 97.2 cm³/mol. The average Bonchev–Trinajstić information content (AvgIpc) is 2.63. The van der Waals surface area contributed by atoms with E-state index in [0.29, 0.717) is 10.0 Å². The van der Waals surface area contributed by atoms with E-state index >= 15 is 0 Å². The quantitative estimate of drug-likeness (QED) is 0.643. The third kappa shape index (κ3) is 3.46. The largest absolute Gasteiger partial charge is 0.507 e. The van der Waals surface area contributed by atoms with Crippen molar-refractivity contribution in [3.8, 4) is 11.5 Å². The summed E-state index contributed by atoms with van der Waals surface area (Å²) in [4.78, 5) is 25.2. The summed E-state index contributed by atoms with van der Waals surface area (Å²) in [6.45, 7) is 0. The van der Waals surface area contributed by atoms with Gasteiger partial charge in [0.15, 0.2) is 11.6 Å². The van der Waals surface area contributed by atoms with Crippen LogP contribution in [0.2, 0.25) is 0 Å². The molecule has 4 nitrogen and oxygen atoms in total. The van der Waals surface area contributed by atoms with Crippen LogP contribution in [0.4, 0.5) is 0 Å². The van der Waals surface area contributed by atoms with Crippen molar-refractivity contribution in [2.75, 3.05) is 0 Å². The summed E-state index contributed by atoms with van der Waals surface area (Å²) in [5.41, 5.74) is 0.753. The monoisotopic (exact) mass is 396 g/mol. The lowest BCUT2D eigenvalue weighted by Crippen LogP contribution is -2.06. The van der Waals surface area contributed by atoms with Gasteiger partial charge in [-0.25, -0.2) is 0 Å². The number of phenols is 2. The molecule has 0 saturated heterocycles. The van der Waals surface area contributed by atoms with Crippen LogP contribution in [0, 0.1) is 0 Å². The minimum Gasteiger partial charge on any atom is -0.507 e. The second-order valence-electron chi connectivity index (χ2n) is 5.42. The van der Waals surface area contributed by atoms with E-state index in [2.05, 4.69) is 15.9 Å². The van der Waals surface area contributed by atoms with Gasteiger partial charge in [0.25, 0.3) is 0 Å². The van der Waals surface area contributed by atoms with E-state index in [9.17, 15) is 19.8 Å². The van der Waals surface area contributed by atoms with Gasteiger partial charge in [-0.05, 0) is 36.4 Å². The molecule has 0 bridgehead atoms. The highest BCUT2D eigenvalue weighted by atomic mass is 79.9. The number of hydrogen-bond acceptors (Lipinski definition) is 4. The summed E-state index contributed by atoms with van der Waals surface area (Å²) in [7, 11) is 0. The van der Waals surface area contributed by atoms with Crippen LogP contribution in [0.1, 0.15) is 31.8 Å². The molecule has 3 aromatic carbocycles. The van der Waals surface area contributed by atoms with Gasteiger partial charge in [0.05, 0.1) is 11.1 Å². The number of carbonyl (C=O) groups is 2. The van der Waals surface area contributed by atoms with E-state index in [1.165, 1.54) is 30.3 Å². The molecule has 0 unspecified atom stereocenters.